The van der Waals surface area contributed by atoms with E-state index in [2.05, 4.69) is 26.9 Å². The van der Waals surface area contributed by atoms with Crippen LogP contribution in [0.1, 0.15) is 38.8 Å². The van der Waals surface area contributed by atoms with Gasteiger partial charge in [-0.1, -0.05) is 6.08 Å². The molecule has 1 aromatic heterocycles. The zero-order valence-electron chi connectivity index (χ0n) is 17.7. The van der Waals surface area contributed by atoms with Gasteiger partial charge in [0.25, 0.3) is 0 Å². The highest BCUT2D eigenvalue weighted by molar-refractivity contribution is 5.87. The van der Waals surface area contributed by atoms with E-state index in [1.165, 1.54) is 7.11 Å². The topological polar surface area (TPSA) is 116 Å². The minimum atomic E-state index is -0.597. The number of carbonyl (C=O) groups excluding carboxylic acids is 2. The SMILES string of the molecule is C=CC[C@H](NC(=O)OC(C)(C)C)c1ccnc(-c2ccc(NC(=O)OC)cc2N)c1. The van der Waals surface area contributed by atoms with Crippen molar-refractivity contribution in [1.29, 1.82) is 0 Å². The maximum absolute atomic E-state index is 12.2. The van der Waals surface area contributed by atoms with Gasteiger partial charge < -0.3 is 20.5 Å². The molecule has 0 unspecified atom stereocenters. The number of alkyl carbamates (subject to hydrolysis) is 1. The van der Waals surface area contributed by atoms with Gasteiger partial charge in [-0.05, 0) is 63.1 Å². The number of nitrogens with zero attached hydrogens (tertiary/aromatic N) is 1. The van der Waals surface area contributed by atoms with E-state index >= 15 is 0 Å². The molecule has 0 aliphatic carbocycles. The summed E-state index contributed by atoms with van der Waals surface area (Å²) in [6, 6.07) is 8.43. The van der Waals surface area contributed by atoms with Gasteiger partial charge in [0.1, 0.15) is 5.60 Å². The second kappa shape index (κ2) is 9.78. The zero-order chi connectivity index (χ0) is 22.3. The van der Waals surface area contributed by atoms with Gasteiger partial charge in [0.05, 0.1) is 18.8 Å². The standard InChI is InChI=1S/C22H28N4O4/c1-6-7-18(26-21(28)30-22(2,3)4)14-10-11-24-19(12-14)16-9-8-15(13-17(16)23)25-20(27)29-5/h6,8-13,18H,1,7,23H2,2-5H3,(H,25,27)(H,26,28)/t18-/m0/s1. The van der Waals surface area contributed by atoms with Gasteiger partial charge in [0.2, 0.25) is 0 Å². The van der Waals surface area contributed by atoms with Crippen LogP contribution in [0.15, 0.2) is 49.2 Å². The summed E-state index contributed by atoms with van der Waals surface area (Å²) in [4.78, 5) is 28.0. The smallest absolute Gasteiger partial charge is 0.411 e. The second-order valence-electron chi connectivity index (χ2n) is 7.62. The average Bonchev–Trinajstić information content (AvgIpc) is 2.66. The number of anilines is 2. The number of pyridine rings is 1. The Labute approximate surface area is 176 Å². The number of benzene rings is 1. The summed E-state index contributed by atoms with van der Waals surface area (Å²) in [5.41, 5.74) is 8.68. The van der Waals surface area contributed by atoms with Crippen LogP contribution in [0.3, 0.4) is 0 Å². The monoisotopic (exact) mass is 412 g/mol. The quantitative estimate of drug-likeness (QED) is 0.470. The van der Waals surface area contributed by atoms with E-state index in [1.807, 2.05) is 12.1 Å². The summed E-state index contributed by atoms with van der Waals surface area (Å²) in [6.07, 6.45) is 2.80. The number of methoxy groups -OCH3 is 1. The first-order chi connectivity index (χ1) is 14.1. The fraction of sp³-hybridized carbons (Fsp3) is 0.318. The van der Waals surface area contributed by atoms with E-state index in [0.717, 1.165) is 5.56 Å². The number of hydrogen-bond donors (Lipinski definition) is 3. The Morgan fingerprint density at radius 1 is 1.23 bits per heavy atom. The fourth-order valence-corrected chi connectivity index (χ4v) is 2.75. The first kappa shape index (κ1) is 22.7. The van der Waals surface area contributed by atoms with Crippen molar-refractivity contribution in [3.05, 3.63) is 54.7 Å². The zero-order valence-corrected chi connectivity index (χ0v) is 17.7. The van der Waals surface area contributed by atoms with Crippen LogP contribution in [0.5, 0.6) is 0 Å². The third kappa shape index (κ3) is 6.51. The van der Waals surface area contributed by atoms with Crippen molar-refractivity contribution in [3.63, 3.8) is 0 Å². The Morgan fingerprint density at radius 2 is 1.97 bits per heavy atom. The number of nitrogens with one attached hydrogen (secondary N) is 2. The molecule has 160 valence electrons. The number of nitrogen functional groups attached to an aromatic ring is 1. The predicted octanol–water partition coefficient (Wildman–Crippen LogP) is 4.65. The summed E-state index contributed by atoms with van der Waals surface area (Å²) in [5, 5.41) is 5.43. The Balaban J connectivity index is 2.27. The molecular formula is C22H28N4O4. The van der Waals surface area contributed by atoms with E-state index < -0.39 is 17.8 Å². The van der Waals surface area contributed by atoms with Gasteiger partial charge in [-0.25, -0.2) is 9.59 Å². The maximum atomic E-state index is 12.2. The molecule has 0 saturated carbocycles. The number of carbonyl (C=O) groups is 2. The van der Waals surface area contributed by atoms with E-state index in [0.29, 0.717) is 29.1 Å². The highest BCUT2D eigenvalue weighted by atomic mass is 16.6. The lowest BCUT2D eigenvalue weighted by atomic mass is 10.0. The van der Waals surface area contributed by atoms with Crippen molar-refractivity contribution in [2.24, 2.45) is 0 Å². The molecule has 1 heterocycles. The van der Waals surface area contributed by atoms with Gasteiger partial charge in [-0.2, -0.15) is 0 Å². The third-order valence-corrected chi connectivity index (χ3v) is 4.04. The van der Waals surface area contributed by atoms with E-state index in [4.69, 9.17) is 10.5 Å². The lowest BCUT2D eigenvalue weighted by Crippen LogP contribution is -2.34. The highest BCUT2D eigenvalue weighted by Gasteiger charge is 2.20. The van der Waals surface area contributed by atoms with Crippen molar-refractivity contribution in [3.8, 4) is 11.3 Å². The van der Waals surface area contributed by atoms with Crippen LogP contribution in [-0.2, 0) is 9.47 Å². The molecule has 0 radical (unpaired) electrons. The number of nitrogens with two attached hydrogens (primary N) is 1. The number of amides is 2. The molecule has 8 heteroatoms. The Morgan fingerprint density at radius 3 is 2.57 bits per heavy atom. The molecule has 4 N–H and O–H groups in total. The number of ether oxygens (including phenoxy) is 2. The Hall–Kier alpha value is -3.55. The molecule has 0 aliphatic heterocycles. The minimum absolute atomic E-state index is 0.333. The molecule has 1 atom stereocenters. The maximum Gasteiger partial charge on any atom is 0.411 e. The minimum Gasteiger partial charge on any atom is -0.453 e. The molecule has 0 bridgehead atoms. The van der Waals surface area contributed by atoms with Crippen molar-refractivity contribution in [2.75, 3.05) is 18.2 Å². The van der Waals surface area contributed by atoms with Crippen LogP contribution < -0.4 is 16.4 Å². The third-order valence-electron chi connectivity index (χ3n) is 4.04. The predicted molar refractivity (Wildman–Crippen MR) is 117 cm³/mol. The van der Waals surface area contributed by atoms with E-state index in [1.54, 1.807) is 51.2 Å². The van der Waals surface area contributed by atoms with Gasteiger partial charge >= 0.3 is 12.2 Å². The number of aromatic nitrogens is 1. The summed E-state index contributed by atoms with van der Waals surface area (Å²) in [7, 11) is 1.29. The molecule has 2 aromatic rings. The summed E-state index contributed by atoms with van der Waals surface area (Å²) in [6.45, 7) is 9.19. The fourth-order valence-electron chi connectivity index (χ4n) is 2.75. The molecule has 0 fully saturated rings. The molecular weight excluding hydrogens is 384 g/mol. The van der Waals surface area contributed by atoms with Crippen molar-refractivity contribution >= 4 is 23.6 Å². The first-order valence-electron chi connectivity index (χ1n) is 9.44. The van der Waals surface area contributed by atoms with Crippen LogP contribution in [-0.4, -0.2) is 29.9 Å². The first-order valence-corrected chi connectivity index (χ1v) is 9.44. The summed E-state index contributed by atoms with van der Waals surface area (Å²) >= 11 is 0. The lowest BCUT2D eigenvalue weighted by Gasteiger charge is -2.23. The van der Waals surface area contributed by atoms with Crippen LogP contribution >= 0.6 is 0 Å². The molecule has 8 nitrogen and oxygen atoms in total. The van der Waals surface area contributed by atoms with Gasteiger partial charge in [-0.3, -0.25) is 10.3 Å². The highest BCUT2D eigenvalue weighted by Crippen LogP contribution is 2.29. The molecule has 30 heavy (non-hydrogen) atoms. The van der Waals surface area contributed by atoms with Gasteiger partial charge in [-0.15, -0.1) is 6.58 Å². The van der Waals surface area contributed by atoms with Crippen LogP contribution in [0.25, 0.3) is 11.3 Å². The summed E-state index contributed by atoms with van der Waals surface area (Å²) < 4.78 is 9.94. The van der Waals surface area contributed by atoms with Crippen LogP contribution in [0, 0.1) is 0 Å². The molecule has 2 amide bonds. The van der Waals surface area contributed by atoms with Crippen molar-refractivity contribution in [1.82, 2.24) is 10.3 Å². The molecule has 0 saturated heterocycles. The molecule has 1 aromatic carbocycles. The Kier molecular flexibility index (Phi) is 7.41. The average molecular weight is 412 g/mol. The molecule has 2 rings (SSSR count). The van der Waals surface area contributed by atoms with Crippen molar-refractivity contribution < 1.29 is 19.1 Å². The van der Waals surface area contributed by atoms with Crippen LogP contribution in [0.2, 0.25) is 0 Å². The molecule has 0 aliphatic rings. The largest absolute Gasteiger partial charge is 0.453 e. The van der Waals surface area contributed by atoms with Crippen LogP contribution in [0.4, 0.5) is 21.0 Å². The van der Waals surface area contributed by atoms with Gasteiger partial charge in [0, 0.05) is 23.1 Å². The van der Waals surface area contributed by atoms with Crippen molar-refractivity contribution in [2.45, 2.75) is 38.8 Å². The van der Waals surface area contributed by atoms with Gasteiger partial charge in [0.15, 0.2) is 0 Å². The normalized spacial score (nSPS) is 11.9. The Bertz CT molecular complexity index is 922. The summed E-state index contributed by atoms with van der Waals surface area (Å²) in [5.74, 6) is 0. The molecule has 0 spiro atoms. The lowest BCUT2D eigenvalue weighted by molar-refractivity contribution is 0.0504. The number of rotatable bonds is 6. The second-order valence-corrected chi connectivity index (χ2v) is 7.62. The van der Waals surface area contributed by atoms with E-state index in [9.17, 15) is 9.59 Å². The van der Waals surface area contributed by atoms with E-state index in [-0.39, 0.29) is 6.04 Å². The number of hydrogen-bond acceptors (Lipinski definition) is 6.